The number of pyridine rings is 1. The first-order valence-electron chi connectivity index (χ1n) is 9.53. The summed E-state index contributed by atoms with van der Waals surface area (Å²) in [7, 11) is 0. The van der Waals surface area contributed by atoms with Crippen LogP contribution in [0.5, 0.6) is 5.75 Å². The SMILES string of the molecule is O=C(c1c(F)ccc(OCCCN2CCOCC2)c1F)c1c[nH]c2ncccc12. The molecule has 1 aliphatic rings. The van der Waals surface area contributed by atoms with E-state index in [0.29, 0.717) is 30.7 Å². The van der Waals surface area contributed by atoms with Crippen molar-refractivity contribution in [1.82, 2.24) is 14.9 Å². The molecule has 152 valence electrons. The lowest BCUT2D eigenvalue weighted by atomic mass is 10.0. The Morgan fingerprint density at radius 3 is 2.90 bits per heavy atom. The average Bonchev–Trinajstić information content (AvgIpc) is 3.17. The van der Waals surface area contributed by atoms with E-state index in [1.54, 1.807) is 18.3 Å². The van der Waals surface area contributed by atoms with Gasteiger partial charge in [0.1, 0.15) is 11.5 Å². The zero-order chi connectivity index (χ0) is 20.2. The molecule has 0 unspecified atom stereocenters. The monoisotopic (exact) mass is 401 g/mol. The number of fused-ring (bicyclic) bond motifs is 1. The third-order valence-corrected chi connectivity index (χ3v) is 4.96. The summed E-state index contributed by atoms with van der Waals surface area (Å²) in [6, 6.07) is 5.61. The normalized spacial score (nSPS) is 15.0. The maximum atomic E-state index is 14.9. The predicted molar refractivity (Wildman–Crippen MR) is 103 cm³/mol. The van der Waals surface area contributed by atoms with Crippen molar-refractivity contribution in [2.24, 2.45) is 0 Å². The topological polar surface area (TPSA) is 67.4 Å². The fraction of sp³-hybridized carbons (Fsp3) is 0.333. The lowest BCUT2D eigenvalue weighted by Crippen LogP contribution is -2.37. The number of aromatic nitrogens is 2. The molecule has 0 amide bonds. The quantitative estimate of drug-likeness (QED) is 0.487. The molecule has 1 aliphatic heterocycles. The number of halogens is 2. The molecule has 0 spiro atoms. The second-order valence-electron chi connectivity index (χ2n) is 6.82. The van der Waals surface area contributed by atoms with E-state index in [-0.39, 0.29) is 17.9 Å². The molecule has 6 nitrogen and oxygen atoms in total. The van der Waals surface area contributed by atoms with E-state index in [4.69, 9.17) is 9.47 Å². The number of ether oxygens (including phenoxy) is 2. The van der Waals surface area contributed by atoms with Crippen LogP contribution in [0.3, 0.4) is 0 Å². The van der Waals surface area contributed by atoms with Gasteiger partial charge < -0.3 is 14.5 Å². The molecule has 1 N–H and O–H groups in total. The molecule has 1 aromatic carbocycles. The Morgan fingerprint density at radius 1 is 1.24 bits per heavy atom. The minimum atomic E-state index is -0.986. The first kappa shape index (κ1) is 19.5. The predicted octanol–water partition coefficient (Wildman–Crippen LogP) is 3.17. The number of rotatable bonds is 7. The minimum absolute atomic E-state index is 0.130. The van der Waals surface area contributed by atoms with Crippen LogP contribution in [-0.2, 0) is 4.74 Å². The number of benzene rings is 1. The maximum Gasteiger partial charge on any atom is 0.201 e. The molecular formula is C21H21F2N3O3. The highest BCUT2D eigenvalue weighted by atomic mass is 19.1. The number of nitrogens with zero attached hydrogens (tertiary/aromatic N) is 2. The Bertz CT molecular complexity index is 1020. The van der Waals surface area contributed by atoms with E-state index in [0.717, 1.165) is 25.7 Å². The number of nitrogens with one attached hydrogen (secondary N) is 1. The Hall–Kier alpha value is -2.84. The van der Waals surface area contributed by atoms with Crippen LogP contribution in [0.2, 0.25) is 0 Å². The number of H-pyrrole nitrogens is 1. The molecule has 0 radical (unpaired) electrons. The summed E-state index contributed by atoms with van der Waals surface area (Å²) in [6.45, 7) is 4.22. The van der Waals surface area contributed by atoms with E-state index >= 15 is 0 Å². The minimum Gasteiger partial charge on any atom is -0.490 e. The summed E-state index contributed by atoms with van der Waals surface area (Å²) in [4.78, 5) is 22.0. The Kier molecular flexibility index (Phi) is 5.82. The number of morpholine rings is 1. The van der Waals surface area contributed by atoms with Crippen molar-refractivity contribution in [3.05, 3.63) is 59.4 Å². The molecule has 2 aromatic heterocycles. The van der Waals surface area contributed by atoms with Crippen LogP contribution in [0.4, 0.5) is 8.78 Å². The van der Waals surface area contributed by atoms with E-state index in [1.807, 2.05) is 0 Å². The van der Waals surface area contributed by atoms with Crippen molar-refractivity contribution in [2.75, 3.05) is 39.5 Å². The van der Waals surface area contributed by atoms with Gasteiger partial charge in [-0.2, -0.15) is 0 Å². The summed E-state index contributed by atoms with van der Waals surface area (Å²) in [5.74, 6) is -2.79. The molecule has 0 bridgehead atoms. The van der Waals surface area contributed by atoms with Crippen LogP contribution in [0.25, 0.3) is 11.0 Å². The second kappa shape index (κ2) is 8.67. The van der Waals surface area contributed by atoms with Crippen LogP contribution in [-0.4, -0.2) is 60.1 Å². The highest BCUT2D eigenvalue weighted by molar-refractivity contribution is 6.16. The summed E-state index contributed by atoms with van der Waals surface area (Å²) >= 11 is 0. The molecule has 29 heavy (non-hydrogen) atoms. The van der Waals surface area contributed by atoms with Crippen molar-refractivity contribution in [3.63, 3.8) is 0 Å². The zero-order valence-corrected chi connectivity index (χ0v) is 15.8. The molecule has 4 rings (SSSR count). The first-order valence-corrected chi connectivity index (χ1v) is 9.53. The lowest BCUT2D eigenvalue weighted by molar-refractivity contribution is 0.0357. The van der Waals surface area contributed by atoms with Crippen molar-refractivity contribution in [2.45, 2.75) is 6.42 Å². The van der Waals surface area contributed by atoms with E-state index in [1.165, 1.54) is 12.3 Å². The average molecular weight is 401 g/mol. The van der Waals surface area contributed by atoms with E-state index < -0.39 is 23.0 Å². The van der Waals surface area contributed by atoms with Gasteiger partial charge in [-0.1, -0.05) is 0 Å². The summed E-state index contributed by atoms with van der Waals surface area (Å²) in [5.41, 5.74) is 0.0167. The zero-order valence-electron chi connectivity index (χ0n) is 15.8. The van der Waals surface area contributed by atoms with Gasteiger partial charge in [-0.25, -0.2) is 13.8 Å². The summed E-state index contributed by atoms with van der Waals surface area (Å²) in [6.07, 6.45) is 3.67. The van der Waals surface area contributed by atoms with Gasteiger partial charge in [0.25, 0.3) is 0 Å². The third-order valence-electron chi connectivity index (χ3n) is 4.96. The van der Waals surface area contributed by atoms with Gasteiger partial charge in [0.15, 0.2) is 11.6 Å². The number of carbonyl (C=O) groups is 1. The fourth-order valence-corrected chi connectivity index (χ4v) is 3.43. The first-order chi connectivity index (χ1) is 14.1. The van der Waals surface area contributed by atoms with Gasteiger partial charge >= 0.3 is 0 Å². The highest BCUT2D eigenvalue weighted by Gasteiger charge is 2.25. The Balaban J connectivity index is 1.48. The van der Waals surface area contributed by atoms with E-state index in [2.05, 4.69) is 14.9 Å². The number of ketones is 1. The number of hydrogen-bond donors (Lipinski definition) is 1. The van der Waals surface area contributed by atoms with Crippen molar-refractivity contribution >= 4 is 16.8 Å². The second-order valence-corrected chi connectivity index (χ2v) is 6.82. The third kappa shape index (κ3) is 4.13. The van der Waals surface area contributed by atoms with Gasteiger partial charge in [-0.3, -0.25) is 9.69 Å². The fourth-order valence-electron chi connectivity index (χ4n) is 3.43. The summed E-state index contributed by atoms with van der Waals surface area (Å²) < 4.78 is 40.1. The van der Waals surface area contributed by atoms with Crippen LogP contribution < -0.4 is 4.74 Å². The lowest BCUT2D eigenvalue weighted by Gasteiger charge is -2.26. The highest BCUT2D eigenvalue weighted by Crippen LogP contribution is 2.28. The molecule has 1 saturated heterocycles. The molecule has 0 saturated carbocycles. The molecule has 8 heteroatoms. The summed E-state index contributed by atoms with van der Waals surface area (Å²) in [5, 5.41) is 0.508. The van der Waals surface area contributed by atoms with Crippen molar-refractivity contribution in [3.8, 4) is 5.75 Å². The van der Waals surface area contributed by atoms with Crippen LogP contribution in [0.15, 0.2) is 36.7 Å². The molecular weight excluding hydrogens is 380 g/mol. The number of carbonyl (C=O) groups excluding carboxylic acids is 1. The Labute approximate surface area is 166 Å². The molecule has 3 aromatic rings. The largest absolute Gasteiger partial charge is 0.490 e. The molecule has 3 heterocycles. The standard InChI is InChI=1S/C21H21F2N3O3/c22-16-4-5-17(29-10-2-7-26-8-11-28-12-9-26)19(23)18(16)20(27)15-13-25-21-14(15)3-1-6-24-21/h1,3-6,13H,2,7-12H2,(H,24,25). The van der Waals surface area contributed by atoms with Gasteiger partial charge in [-0.15, -0.1) is 0 Å². The van der Waals surface area contributed by atoms with Crippen LogP contribution in [0.1, 0.15) is 22.3 Å². The van der Waals surface area contributed by atoms with Crippen LogP contribution >= 0.6 is 0 Å². The number of aromatic amines is 1. The maximum absolute atomic E-state index is 14.9. The van der Waals surface area contributed by atoms with Crippen molar-refractivity contribution < 1.29 is 23.0 Å². The van der Waals surface area contributed by atoms with Crippen LogP contribution in [0, 0.1) is 11.6 Å². The molecule has 0 aliphatic carbocycles. The molecule has 0 atom stereocenters. The molecule has 1 fully saturated rings. The van der Waals surface area contributed by atoms with Crippen molar-refractivity contribution in [1.29, 1.82) is 0 Å². The Morgan fingerprint density at radius 2 is 2.07 bits per heavy atom. The van der Waals surface area contributed by atoms with Gasteiger partial charge in [-0.05, 0) is 30.7 Å². The van der Waals surface area contributed by atoms with Gasteiger partial charge in [0, 0.05) is 43.0 Å². The van der Waals surface area contributed by atoms with E-state index in [9.17, 15) is 13.6 Å². The smallest absolute Gasteiger partial charge is 0.201 e. The number of hydrogen-bond acceptors (Lipinski definition) is 5. The van der Waals surface area contributed by atoms with Gasteiger partial charge in [0.05, 0.1) is 25.4 Å². The van der Waals surface area contributed by atoms with Gasteiger partial charge in [0.2, 0.25) is 5.78 Å².